The van der Waals surface area contributed by atoms with Crippen LogP contribution < -0.4 is 4.78 Å². The van der Waals surface area contributed by atoms with Crippen LogP contribution in [0.3, 0.4) is 0 Å². The van der Waals surface area contributed by atoms with Gasteiger partial charge in [-0.05, 0) is 27.7 Å². The molecule has 20 heavy (non-hydrogen) atoms. The fraction of sp³-hybridized carbons (Fsp3) is 0.462. The molecule has 1 aliphatic rings. The van der Waals surface area contributed by atoms with Crippen LogP contribution in [0.2, 0.25) is 0 Å². The van der Waals surface area contributed by atoms with Crippen molar-refractivity contribution < 1.29 is 9.31 Å². The average Bonchev–Trinajstić information content (AvgIpc) is 2.94. The Balaban J connectivity index is 1.96. The van der Waals surface area contributed by atoms with E-state index in [1.165, 1.54) is 17.7 Å². The summed E-state index contributed by atoms with van der Waals surface area (Å²) < 4.78 is 13.1. The molecular formula is C13H16BN3O2S. The van der Waals surface area contributed by atoms with Gasteiger partial charge in [0, 0.05) is 18.0 Å². The topological polar surface area (TPSA) is 57.1 Å². The molecule has 0 atom stereocenters. The van der Waals surface area contributed by atoms with Crippen LogP contribution in [0.25, 0.3) is 11.3 Å². The predicted molar refractivity (Wildman–Crippen MR) is 78.9 cm³/mol. The number of nitrogens with zero attached hydrogens (tertiary/aromatic N) is 3. The van der Waals surface area contributed by atoms with E-state index in [0.717, 1.165) is 16.0 Å². The second-order valence-electron chi connectivity index (χ2n) is 5.78. The Morgan fingerprint density at radius 1 is 1.05 bits per heavy atom. The molecule has 7 heteroatoms. The van der Waals surface area contributed by atoms with E-state index < -0.39 is 7.12 Å². The summed E-state index contributed by atoms with van der Waals surface area (Å²) in [7, 11) is -0.400. The number of rotatable bonds is 2. The fourth-order valence-electron chi connectivity index (χ4n) is 2.01. The van der Waals surface area contributed by atoms with E-state index in [4.69, 9.17) is 9.31 Å². The summed E-state index contributed by atoms with van der Waals surface area (Å²) in [5, 5.41) is 0. The number of thiazole rings is 1. The standard InChI is InChI=1S/C13H16BN3O2S/c1-12(2)13(3,4)19-14(18-12)11-10(17-8-20-11)9-5-15-7-16-6-9/h5-8H,1-4H3. The van der Waals surface area contributed by atoms with Crippen LogP contribution in [0.15, 0.2) is 24.2 Å². The van der Waals surface area contributed by atoms with Gasteiger partial charge in [0.05, 0.1) is 27.2 Å². The molecule has 104 valence electrons. The summed E-state index contributed by atoms with van der Waals surface area (Å²) in [6.45, 7) is 8.16. The quantitative estimate of drug-likeness (QED) is 0.790. The molecule has 1 aliphatic heterocycles. The molecule has 3 rings (SSSR count). The zero-order valence-electron chi connectivity index (χ0n) is 12.0. The highest BCUT2D eigenvalue weighted by Crippen LogP contribution is 2.37. The normalized spacial score (nSPS) is 20.3. The van der Waals surface area contributed by atoms with Gasteiger partial charge in [0.1, 0.15) is 6.33 Å². The van der Waals surface area contributed by atoms with Gasteiger partial charge in [0.2, 0.25) is 0 Å². The van der Waals surface area contributed by atoms with Crippen molar-refractivity contribution in [1.82, 2.24) is 15.0 Å². The molecule has 0 aromatic carbocycles. The van der Waals surface area contributed by atoms with E-state index in [9.17, 15) is 0 Å². The molecule has 1 fully saturated rings. The zero-order valence-corrected chi connectivity index (χ0v) is 12.8. The second kappa shape index (κ2) is 4.61. The SMILES string of the molecule is CC1(C)OB(c2scnc2-c2cncnc2)OC1(C)C. The van der Waals surface area contributed by atoms with E-state index in [-0.39, 0.29) is 11.2 Å². The van der Waals surface area contributed by atoms with Crippen molar-refractivity contribution in [2.45, 2.75) is 38.9 Å². The molecule has 2 aromatic heterocycles. The monoisotopic (exact) mass is 289 g/mol. The highest BCUT2D eigenvalue weighted by molar-refractivity contribution is 7.21. The molecule has 3 heterocycles. The predicted octanol–water partition coefficient (Wildman–Crippen LogP) is 1.90. The van der Waals surface area contributed by atoms with Gasteiger partial charge in [-0.25, -0.2) is 15.0 Å². The van der Waals surface area contributed by atoms with Crippen LogP contribution in [-0.4, -0.2) is 33.3 Å². The maximum Gasteiger partial charge on any atom is 0.507 e. The minimum atomic E-state index is -0.400. The molecule has 0 spiro atoms. The largest absolute Gasteiger partial charge is 0.507 e. The highest BCUT2D eigenvalue weighted by atomic mass is 32.1. The fourth-order valence-corrected chi connectivity index (χ4v) is 2.77. The molecule has 0 aliphatic carbocycles. The third kappa shape index (κ3) is 2.15. The maximum absolute atomic E-state index is 6.08. The maximum atomic E-state index is 6.08. The first kappa shape index (κ1) is 13.7. The van der Waals surface area contributed by atoms with Gasteiger partial charge in [-0.15, -0.1) is 11.3 Å². The lowest BCUT2D eigenvalue weighted by Gasteiger charge is -2.32. The Morgan fingerprint density at radius 2 is 1.65 bits per heavy atom. The van der Waals surface area contributed by atoms with Crippen LogP contribution in [0.4, 0.5) is 0 Å². The molecule has 0 unspecified atom stereocenters. The van der Waals surface area contributed by atoms with Gasteiger partial charge in [-0.1, -0.05) is 0 Å². The van der Waals surface area contributed by atoms with Gasteiger partial charge < -0.3 is 9.31 Å². The van der Waals surface area contributed by atoms with Crippen LogP contribution in [0.5, 0.6) is 0 Å². The smallest absolute Gasteiger partial charge is 0.399 e. The lowest BCUT2D eigenvalue weighted by Crippen LogP contribution is -2.41. The van der Waals surface area contributed by atoms with E-state index in [2.05, 4.69) is 15.0 Å². The minimum absolute atomic E-state index is 0.355. The zero-order chi connectivity index (χ0) is 14.4. The van der Waals surface area contributed by atoms with Crippen molar-refractivity contribution in [2.75, 3.05) is 0 Å². The van der Waals surface area contributed by atoms with Gasteiger partial charge in [0.25, 0.3) is 0 Å². The Bertz CT molecular complexity index is 599. The van der Waals surface area contributed by atoms with Crippen LogP contribution in [0, 0.1) is 0 Å². The van der Waals surface area contributed by atoms with Crippen LogP contribution >= 0.6 is 11.3 Å². The lowest BCUT2D eigenvalue weighted by molar-refractivity contribution is 0.00578. The molecule has 0 amide bonds. The summed E-state index contributed by atoms with van der Waals surface area (Å²) >= 11 is 1.53. The molecular weight excluding hydrogens is 273 g/mol. The Hall–Kier alpha value is -1.31. The number of aromatic nitrogens is 3. The van der Waals surface area contributed by atoms with Crippen molar-refractivity contribution in [3.8, 4) is 11.3 Å². The second-order valence-corrected chi connectivity index (χ2v) is 6.67. The number of hydrogen-bond acceptors (Lipinski definition) is 6. The molecule has 5 nitrogen and oxygen atoms in total. The van der Waals surface area contributed by atoms with Gasteiger partial charge in [-0.3, -0.25) is 0 Å². The van der Waals surface area contributed by atoms with Crippen molar-refractivity contribution in [1.29, 1.82) is 0 Å². The van der Waals surface area contributed by atoms with E-state index in [1.54, 1.807) is 17.9 Å². The third-order valence-electron chi connectivity index (χ3n) is 3.90. The Labute approximate surface area is 122 Å². The van der Waals surface area contributed by atoms with E-state index >= 15 is 0 Å². The van der Waals surface area contributed by atoms with Crippen molar-refractivity contribution in [3.05, 3.63) is 24.2 Å². The van der Waals surface area contributed by atoms with Crippen LogP contribution in [0.1, 0.15) is 27.7 Å². The molecule has 0 bridgehead atoms. The summed E-state index contributed by atoms with van der Waals surface area (Å²) in [5.74, 6) is 0. The van der Waals surface area contributed by atoms with Gasteiger partial charge in [-0.2, -0.15) is 0 Å². The minimum Gasteiger partial charge on any atom is -0.399 e. The lowest BCUT2D eigenvalue weighted by atomic mass is 9.85. The summed E-state index contributed by atoms with van der Waals surface area (Å²) in [4.78, 5) is 12.5. The average molecular weight is 289 g/mol. The first-order valence-corrected chi connectivity index (χ1v) is 7.33. The highest BCUT2D eigenvalue weighted by Gasteiger charge is 2.53. The van der Waals surface area contributed by atoms with Crippen LogP contribution in [-0.2, 0) is 9.31 Å². The van der Waals surface area contributed by atoms with E-state index in [0.29, 0.717) is 0 Å². The first-order valence-electron chi connectivity index (χ1n) is 6.45. The van der Waals surface area contributed by atoms with Crippen molar-refractivity contribution >= 4 is 23.2 Å². The van der Waals surface area contributed by atoms with E-state index in [1.807, 2.05) is 27.7 Å². The third-order valence-corrected chi connectivity index (χ3v) is 4.75. The summed E-state index contributed by atoms with van der Waals surface area (Å²) in [6.07, 6.45) is 5.00. The molecule has 1 saturated heterocycles. The Kier molecular flexibility index (Phi) is 3.15. The molecule has 0 radical (unpaired) electrons. The molecule has 0 saturated carbocycles. The first-order chi connectivity index (χ1) is 9.41. The summed E-state index contributed by atoms with van der Waals surface area (Å²) in [5.41, 5.74) is 2.79. The van der Waals surface area contributed by atoms with Gasteiger partial charge >= 0.3 is 7.12 Å². The number of hydrogen-bond donors (Lipinski definition) is 0. The van der Waals surface area contributed by atoms with Crippen molar-refractivity contribution in [3.63, 3.8) is 0 Å². The molecule has 0 N–H and O–H groups in total. The molecule has 2 aromatic rings. The summed E-state index contributed by atoms with van der Waals surface area (Å²) in [6, 6.07) is 0. The van der Waals surface area contributed by atoms with Crippen molar-refractivity contribution in [2.24, 2.45) is 0 Å². The van der Waals surface area contributed by atoms with Gasteiger partial charge in [0.15, 0.2) is 0 Å². The Morgan fingerprint density at radius 3 is 2.25 bits per heavy atom.